The average Bonchev–Trinajstić information content (AvgIpc) is 3.20. The van der Waals surface area contributed by atoms with Crippen molar-refractivity contribution in [2.75, 3.05) is 6.61 Å². The van der Waals surface area contributed by atoms with Crippen LogP contribution in [0.5, 0.6) is 0 Å². The van der Waals surface area contributed by atoms with Crippen LogP contribution in [0.25, 0.3) is 17.5 Å². The number of carbonyl (C=O) groups is 1. The standard InChI is InChI=1S/C22H18ClN5O4S/c1-3-27-20(14-6-5-7-17(23)11-14)25-26-22(27)33-19-9-8-18(28(30)31)12-15(19)10-16(13-24)21(29)32-4-2/h5-12H,3-4H2,1-2H3/b16-10+. The molecule has 0 spiro atoms. The molecular weight excluding hydrogens is 466 g/mol. The van der Waals surface area contributed by atoms with E-state index in [1.165, 1.54) is 30.0 Å². The van der Waals surface area contributed by atoms with Crippen LogP contribution >= 0.6 is 23.4 Å². The minimum atomic E-state index is -0.803. The Balaban J connectivity index is 2.06. The zero-order chi connectivity index (χ0) is 24.0. The molecule has 0 bridgehead atoms. The van der Waals surface area contributed by atoms with E-state index in [1.54, 1.807) is 31.2 Å². The van der Waals surface area contributed by atoms with E-state index < -0.39 is 10.9 Å². The van der Waals surface area contributed by atoms with Gasteiger partial charge in [-0.15, -0.1) is 10.2 Å². The average molecular weight is 484 g/mol. The summed E-state index contributed by atoms with van der Waals surface area (Å²) in [4.78, 5) is 23.4. The number of rotatable bonds is 8. The number of ether oxygens (including phenoxy) is 1. The third kappa shape index (κ3) is 5.58. The highest BCUT2D eigenvalue weighted by molar-refractivity contribution is 7.99. The summed E-state index contributed by atoms with van der Waals surface area (Å²) in [5.74, 6) is -0.187. The quantitative estimate of drug-likeness (QED) is 0.142. The first-order valence-electron chi connectivity index (χ1n) is 9.82. The summed E-state index contributed by atoms with van der Waals surface area (Å²) in [5, 5.41) is 30.3. The number of halogens is 1. The third-order valence-electron chi connectivity index (χ3n) is 4.44. The van der Waals surface area contributed by atoms with Crippen molar-refractivity contribution in [3.05, 3.63) is 68.7 Å². The van der Waals surface area contributed by atoms with Crippen LogP contribution in [0, 0.1) is 21.4 Å². The molecule has 1 aromatic heterocycles. The van der Waals surface area contributed by atoms with Gasteiger partial charge in [-0.1, -0.05) is 23.7 Å². The highest BCUT2D eigenvalue weighted by atomic mass is 35.5. The Morgan fingerprint density at radius 1 is 1.30 bits per heavy atom. The minimum Gasteiger partial charge on any atom is -0.462 e. The summed E-state index contributed by atoms with van der Waals surface area (Å²) in [6.45, 7) is 4.21. The number of nitro benzene ring substituents is 1. The van der Waals surface area contributed by atoms with E-state index in [2.05, 4.69) is 10.2 Å². The van der Waals surface area contributed by atoms with Gasteiger partial charge in [-0.2, -0.15) is 5.26 Å². The highest BCUT2D eigenvalue weighted by Gasteiger charge is 2.19. The Morgan fingerprint density at radius 3 is 2.73 bits per heavy atom. The number of aromatic nitrogens is 3. The van der Waals surface area contributed by atoms with Gasteiger partial charge in [0, 0.05) is 34.2 Å². The van der Waals surface area contributed by atoms with Crippen LogP contribution in [0.15, 0.2) is 58.1 Å². The predicted molar refractivity (Wildman–Crippen MR) is 124 cm³/mol. The highest BCUT2D eigenvalue weighted by Crippen LogP contribution is 2.35. The molecule has 9 nitrogen and oxygen atoms in total. The molecule has 0 atom stereocenters. The minimum absolute atomic E-state index is 0.0975. The van der Waals surface area contributed by atoms with Gasteiger partial charge in [0.25, 0.3) is 5.69 Å². The molecule has 0 saturated heterocycles. The van der Waals surface area contributed by atoms with Crippen LogP contribution in [0.2, 0.25) is 5.02 Å². The smallest absolute Gasteiger partial charge is 0.348 e. The van der Waals surface area contributed by atoms with E-state index in [0.717, 1.165) is 5.56 Å². The van der Waals surface area contributed by atoms with Crippen molar-refractivity contribution in [1.82, 2.24) is 14.8 Å². The summed E-state index contributed by atoms with van der Waals surface area (Å²) >= 11 is 7.32. The zero-order valence-corrected chi connectivity index (χ0v) is 19.3. The van der Waals surface area contributed by atoms with Crippen molar-refractivity contribution in [3.63, 3.8) is 0 Å². The molecule has 168 valence electrons. The fourth-order valence-corrected chi connectivity index (χ4v) is 4.11. The van der Waals surface area contributed by atoms with E-state index in [-0.39, 0.29) is 17.9 Å². The molecule has 0 fully saturated rings. The molecule has 0 amide bonds. The molecule has 33 heavy (non-hydrogen) atoms. The fraction of sp³-hybridized carbons (Fsp3) is 0.182. The van der Waals surface area contributed by atoms with Gasteiger partial charge in [-0.3, -0.25) is 10.1 Å². The van der Waals surface area contributed by atoms with Crippen molar-refractivity contribution in [2.24, 2.45) is 0 Å². The Kier molecular flexibility index (Phi) is 7.82. The predicted octanol–water partition coefficient (Wildman–Crippen LogP) is 5.15. The molecule has 1 heterocycles. The number of nitriles is 1. The van der Waals surface area contributed by atoms with E-state index in [1.807, 2.05) is 23.6 Å². The maximum atomic E-state index is 12.1. The van der Waals surface area contributed by atoms with Crippen molar-refractivity contribution < 1.29 is 14.5 Å². The number of carbonyl (C=O) groups excluding carboxylic acids is 1. The van der Waals surface area contributed by atoms with Crippen molar-refractivity contribution >= 4 is 41.1 Å². The molecule has 3 rings (SSSR count). The Bertz CT molecular complexity index is 1280. The maximum Gasteiger partial charge on any atom is 0.348 e. The van der Waals surface area contributed by atoms with E-state index in [9.17, 15) is 20.2 Å². The molecule has 0 saturated carbocycles. The number of benzene rings is 2. The van der Waals surface area contributed by atoms with Crippen molar-refractivity contribution in [1.29, 1.82) is 5.26 Å². The molecule has 3 aromatic rings. The first kappa shape index (κ1) is 24.0. The summed E-state index contributed by atoms with van der Waals surface area (Å²) in [5.41, 5.74) is 0.662. The van der Waals surface area contributed by atoms with Gasteiger partial charge in [0.1, 0.15) is 11.6 Å². The van der Waals surface area contributed by atoms with Gasteiger partial charge in [0.2, 0.25) is 0 Å². The Labute approximate surface area is 198 Å². The first-order chi connectivity index (χ1) is 15.9. The monoisotopic (exact) mass is 483 g/mol. The lowest BCUT2D eigenvalue weighted by molar-refractivity contribution is -0.384. The molecule has 0 N–H and O–H groups in total. The maximum absolute atomic E-state index is 12.1. The summed E-state index contributed by atoms with van der Waals surface area (Å²) in [6.07, 6.45) is 1.28. The topological polar surface area (TPSA) is 124 Å². The number of nitro groups is 1. The third-order valence-corrected chi connectivity index (χ3v) is 5.75. The molecule has 0 radical (unpaired) electrons. The van der Waals surface area contributed by atoms with Crippen LogP contribution in [-0.4, -0.2) is 32.3 Å². The Hall–Kier alpha value is -3.68. The normalized spacial score (nSPS) is 11.2. The summed E-state index contributed by atoms with van der Waals surface area (Å²) in [6, 6.07) is 13.2. The lowest BCUT2D eigenvalue weighted by atomic mass is 10.1. The van der Waals surface area contributed by atoms with Crippen LogP contribution in [0.1, 0.15) is 19.4 Å². The van der Waals surface area contributed by atoms with Gasteiger partial charge < -0.3 is 9.30 Å². The number of nitrogens with zero attached hydrogens (tertiary/aromatic N) is 5. The fourth-order valence-electron chi connectivity index (χ4n) is 2.95. The number of non-ortho nitro benzene ring substituents is 1. The molecule has 0 aliphatic heterocycles. The van der Waals surface area contributed by atoms with Crippen LogP contribution in [0.4, 0.5) is 5.69 Å². The van der Waals surface area contributed by atoms with E-state index >= 15 is 0 Å². The Morgan fingerprint density at radius 2 is 2.09 bits per heavy atom. The second kappa shape index (κ2) is 10.8. The number of hydrogen-bond acceptors (Lipinski definition) is 8. The SMILES string of the molecule is CCOC(=O)/C(C#N)=C/c1cc([N+](=O)[O-])ccc1Sc1nnc(-c2cccc(Cl)c2)n1CC. The first-order valence-corrected chi connectivity index (χ1v) is 11.0. The van der Waals surface area contributed by atoms with E-state index in [0.29, 0.717) is 33.0 Å². The van der Waals surface area contributed by atoms with Crippen LogP contribution in [-0.2, 0) is 16.1 Å². The second-order valence-electron chi connectivity index (χ2n) is 6.53. The van der Waals surface area contributed by atoms with Crippen LogP contribution in [0.3, 0.4) is 0 Å². The summed E-state index contributed by atoms with van der Waals surface area (Å²) in [7, 11) is 0. The molecule has 0 unspecified atom stereocenters. The molecule has 11 heteroatoms. The number of hydrogen-bond donors (Lipinski definition) is 0. The summed E-state index contributed by atoms with van der Waals surface area (Å²) < 4.78 is 6.77. The van der Waals surface area contributed by atoms with Gasteiger partial charge in [-0.25, -0.2) is 4.79 Å². The van der Waals surface area contributed by atoms with Gasteiger partial charge in [0.05, 0.1) is 11.5 Å². The molecule has 0 aliphatic rings. The van der Waals surface area contributed by atoms with Crippen LogP contribution < -0.4 is 0 Å². The zero-order valence-electron chi connectivity index (χ0n) is 17.7. The largest absolute Gasteiger partial charge is 0.462 e. The van der Waals surface area contributed by atoms with Crippen molar-refractivity contribution in [2.45, 2.75) is 30.4 Å². The molecule has 0 aliphatic carbocycles. The van der Waals surface area contributed by atoms with Gasteiger partial charge in [-0.05, 0) is 55.4 Å². The second-order valence-corrected chi connectivity index (χ2v) is 7.98. The van der Waals surface area contributed by atoms with E-state index in [4.69, 9.17) is 16.3 Å². The number of esters is 1. The van der Waals surface area contributed by atoms with Gasteiger partial charge >= 0.3 is 5.97 Å². The molecular formula is C22H18ClN5O4S. The molecule has 2 aromatic carbocycles. The lowest BCUT2D eigenvalue weighted by Gasteiger charge is -2.09. The van der Waals surface area contributed by atoms with Crippen molar-refractivity contribution in [3.8, 4) is 17.5 Å². The van der Waals surface area contributed by atoms with Gasteiger partial charge in [0.15, 0.2) is 11.0 Å². The lowest BCUT2D eigenvalue weighted by Crippen LogP contribution is -2.06.